The maximum absolute atomic E-state index is 11.2. The van der Waals surface area contributed by atoms with E-state index in [9.17, 15) is 4.79 Å². The van der Waals surface area contributed by atoms with Crippen LogP contribution in [0.2, 0.25) is 0 Å². The van der Waals surface area contributed by atoms with Crippen molar-refractivity contribution in [2.24, 2.45) is 0 Å². The Labute approximate surface area is 85.0 Å². The number of aryl methyl sites for hydroxylation is 1. The number of hydrogen-bond donors (Lipinski definition) is 1. The van der Waals surface area contributed by atoms with Crippen LogP contribution in [0.4, 0.5) is 0 Å². The zero-order valence-electron chi connectivity index (χ0n) is 8.61. The zero-order valence-corrected chi connectivity index (χ0v) is 9.51. The van der Waals surface area contributed by atoms with Crippen LogP contribution in [0, 0.1) is 6.92 Å². The van der Waals surface area contributed by atoms with E-state index in [1.165, 1.54) is 0 Å². The molecular weight excluding hydrogens is 182 g/mol. The van der Waals surface area contributed by atoms with E-state index >= 15 is 0 Å². The second-order valence-corrected chi connectivity index (χ2v) is 3.25. The van der Waals surface area contributed by atoms with Crippen LogP contribution in [0.15, 0.2) is 23.0 Å². The number of thiol groups is 1. The maximum Gasteiger partial charge on any atom is 0.251 e. The van der Waals surface area contributed by atoms with Gasteiger partial charge in [0.15, 0.2) is 0 Å². The highest BCUT2D eigenvalue weighted by Crippen LogP contribution is 2.08. The van der Waals surface area contributed by atoms with Crippen LogP contribution in [-0.4, -0.2) is 4.57 Å². The van der Waals surface area contributed by atoms with Gasteiger partial charge in [0.1, 0.15) is 0 Å². The lowest BCUT2D eigenvalue weighted by atomic mass is 10.3. The molecular formula is C10H17NOS. The number of nitrogens with zero attached hydrogens (tertiary/aromatic N) is 1. The molecule has 0 aromatic carbocycles. The monoisotopic (exact) mass is 199 g/mol. The van der Waals surface area contributed by atoms with Crippen LogP contribution in [0.25, 0.3) is 0 Å². The lowest BCUT2D eigenvalue weighted by Crippen LogP contribution is -2.21. The number of pyridine rings is 1. The smallest absolute Gasteiger partial charge is 0.251 e. The van der Waals surface area contributed by atoms with Crippen LogP contribution in [0.3, 0.4) is 0 Å². The highest BCUT2D eigenvalue weighted by Gasteiger charge is 2.01. The standard InChI is InChI=1S/C8H11NOS.C2H6/c1-6-4-3-5-8(10)9(6)7(2)11;1-2/h3-5,7,11H,1-2H3;1-2H3. The Hall–Kier alpha value is -0.700. The fourth-order valence-electron chi connectivity index (χ4n) is 1.08. The molecule has 1 aromatic heterocycles. The Bertz CT molecular complexity index is 304. The molecule has 1 unspecified atom stereocenters. The van der Waals surface area contributed by atoms with Crippen LogP contribution >= 0.6 is 12.6 Å². The Morgan fingerprint density at radius 3 is 2.23 bits per heavy atom. The van der Waals surface area contributed by atoms with Gasteiger partial charge >= 0.3 is 0 Å². The van der Waals surface area contributed by atoms with Gasteiger partial charge in [-0.3, -0.25) is 4.79 Å². The van der Waals surface area contributed by atoms with E-state index in [0.29, 0.717) is 0 Å². The van der Waals surface area contributed by atoms with Crippen LogP contribution in [0.5, 0.6) is 0 Å². The predicted molar refractivity (Wildman–Crippen MR) is 60.5 cm³/mol. The Morgan fingerprint density at radius 1 is 1.38 bits per heavy atom. The highest BCUT2D eigenvalue weighted by atomic mass is 32.1. The van der Waals surface area contributed by atoms with Gasteiger partial charge in [0.2, 0.25) is 0 Å². The molecule has 1 atom stereocenters. The van der Waals surface area contributed by atoms with E-state index in [1.807, 2.05) is 33.8 Å². The highest BCUT2D eigenvalue weighted by molar-refractivity contribution is 7.80. The summed E-state index contributed by atoms with van der Waals surface area (Å²) in [6, 6.07) is 5.19. The molecule has 0 N–H and O–H groups in total. The van der Waals surface area contributed by atoms with Gasteiger partial charge in [-0.2, -0.15) is 12.6 Å². The van der Waals surface area contributed by atoms with E-state index in [-0.39, 0.29) is 10.9 Å². The van der Waals surface area contributed by atoms with Gasteiger partial charge in [-0.25, -0.2) is 0 Å². The maximum atomic E-state index is 11.2. The molecule has 3 heteroatoms. The molecule has 0 aliphatic carbocycles. The Morgan fingerprint density at radius 2 is 1.92 bits per heavy atom. The lowest BCUT2D eigenvalue weighted by molar-refractivity contribution is 0.686. The van der Waals surface area contributed by atoms with Crippen molar-refractivity contribution >= 4 is 12.6 Å². The minimum Gasteiger partial charge on any atom is -0.301 e. The molecule has 0 radical (unpaired) electrons. The second kappa shape index (κ2) is 5.86. The van der Waals surface area contributed by atoms with Gasteiger partial charge in [0.05, 0.1) is 5.37 Å². The molecule has 1 rings (SSSR count). The first-order chi connectivity index (χ1) is 6.13. The SMILES string of the molecule is CC.Cc1cccc(=O)n1C(C)S. The first-order valence-electron chi connectivity index (χ1n) is 4.49. The zero-order chi connectivity index (χ0) is 10.4. The summed E-state index contributed by atoms with van der Waals surface area (Å²) in [6.45, 7) is 7.77. The summed E-state index contributed by atoms with van der Waals surface area (Å²) in [7, 11) is 0. The summed E-state index contributed by atoms with van der Waals surface area (Å²) in [4.78, 5) is 11.2. The third-order valence-electron chi connectivity index (χ3n) is 1.57. The molecule has 0 bridgehead atoms. The van der Waals surface area contributed by atoms with Gasteiger partial charge in [0, 0.05) is 11.8 Å². The summed E-state index contributed by atoms with van der Waals surface area (Å²) < 4.78 is 1.64. The van der Waals surface area contributed by atoms with Crippen molar-refractivity contribution in [3.05, 3.63) is 34.2 Å². The van der Waals surface area contributed by atoms with Gasteiger partial charge < -0.3 is 4.57 Å². The third-order valence-corrected chi connectivity index (χ3v) is 1.80. The quantitative estimate of drug-likeness (QED) is 0.690. The molecule has 0 aliphatic heterocycles. The van der Waals surface area contributed by atoms with Crippen LogP contribution in [0.1, 0.15) is 31.8 Å². The second-order valence-electron chi connectivity index (χ2n) is 2.51. The lowest BCUT2D eigenvalue weighted by Gasteiger charge is -2.11. The molecule has 0 fully saturated rings. The average molecular weight is 199 g/mol. The molecule has 0 aliphatic rings. The Balaban J connectivity index is 0.000000671. The topological polar surface area (TPSA) is 22.0 Å². The van der Waals surface area contributed by atoms with Crippen molar-refractivity contribution in [1.29, 1.82) is 0 Å². The van der Waals surface area contributed by atoms with Gasteiger partial charge in [-0.05, 0) is 19.9 Å². The average Bonchev–Trinajstić information content (AvgIpc) is 2.07. The summed E-state index contributed by atoms with van der Waals surface area (Å²) in [5.74, 6) is 0. The van der Waals surface area contributed by atoms with E-state index in [2.05, 4.69) is 12.6 Å². The normalized spacial score (nSPS) is 11.5. The summed E-state index contributed by atoms with van der Waals surface area (Å²) in [5.41, 5.74) is 0.951. The molecule has 0 spiro atoms. The van der Waals surface area contributed by atoms with E-state index in [1.54, 1.807) is 16.7 Å². The largest absolute Gasteiger partial charge is 0.301 e. The van der Waals surface area contributed by atoms with Crippen molar-refractivity contribution in [1.82, 2.24) is 4.57 Å². The number of hydrogen-bond acceptors (Lipinski definition) is 2. The van der Waals surface area contributed by atoms with Crippen LogP contribution < -0.4 is 5.56 Å². The predicted octanol–water partition coefficient (Wildman–Crippen LogP) is 2.63. The van der Waals surface area contributed by atoms with Crippen molar-refractivity contribution in [2.75, 3.05) is 0 Å². The molecule has 1 aromatic rings. The minimum absolute atomic E-state index is 0.00694. The third kappa shape index (κ3) is 3.27. The Kier molecular flexibility index (Phi) is 5.55. The number of rotatable bonds is 1. The van der Waals surface area contributed by atoms with Gasteiger partial charge in [-0.1, -0.05) is 19.9 Å². The molecule has 0 amide bonds. The van der Waals surface area contributed by atoms with Crippen molar-refractivity contribution in [3.8, 4) is 0 Å². The fraction of sp³-hybridized carbons (Fsp3) is 0.500. The first kappa shape index (κ1) is 12.3. The molecule has 74 valence electrons. The van der Waals surface area contributed by atoms with Gasteiger partial charge in [-0.15, -0.1) is 0 Å². The van der Waals surface area contributed by atoms with E-state index < -0.39 is 0 Å². The molecule has 2 nitrogen and oxygen atoms in total. The van der Waals surface area contributed by atoms with Crippen LogP contribution in [-0.2, 0) is 0 Å². The molecule has 13 heavy (non-hydrogen) atoms. The van der Waals surface area contributed by atoms with Gasteiger partial charge in [0.25, 0.3) is 5.56 Å². The van der Waals surface area contributed by atoms with Crippen molar-refractivity contribution in [3.63, 3.8) is 0 Å². The summed E-state index contributed by atoms with van der Waals surface area (Å²) >= 11 is 4.19. The summed E-state index contributed by atoms with van der Waals surface area (Å²) in [5, 5.41) is -0.0521. The molecule has 0 saturated heterocycles. The summed E-state index contributed by atoms with van der Waals surface area (Å²) in [6.07, 6.45) is 0. The fourth-order valence-corrected chi connectivity index (χ4v) is 1.38. The molecule has 0 saturated carbocycles. The number of aromatic nitrogens is 1. The molecule has 1 heterocycles. The van der Waals surface area contributed by atoms with E-state index in [4.69, 9.17) is 0 Å². The van der Waals surface area contributed by atoms with Crippen molar-refractivity contribution in [2.45, 2.75) is 33.1 Å². The van der Waals surface area contributed by atoms with Crippen molar-refractivity contribution < 1.29 is 0 Å². The minimum atomic E-state index is -0.0521. The van der Waals surface area contributed by atoms with E-state index in [0.717, 1.165) is 5.69 Å². The first-order valence-corrected chi connectivity index (χ1v) is 5.01.